The van der Waals surface area contributed by atoms with E-state index in [2.05, 4.69) is 9.97 Å². The molecule has 2 aromatic carbocycles. The second-order valence-corrected chi connectivity index (χ2v) is 5.13. The maximum atomic E-state index is 12.8. The summed E-state index contributed by atoms with van der Waals surface area (Å²) in [7, 11) is 0. The third-order valence-electron chi connectivity index (χ3n) is 3.54. The van der Waals surface area contributed by atoms with Crippen molar-refractivity contribution in [2.75, 3.05) is 11.4 Å². The van der Waals surface area contributed by atoms with Gasteiger partial charge in [-0.2, -0.15) is 0 Å². The Morgan fingerprint density at radius 2 is 1.86 bits per heavy atom. The van der Waals surface area contributed by atoms with Crippen LogP contribution in [-0.2, 0) is 0 Å². The van der Waals surface area contributed by atoms with E-state index >= 15 is 0 Å². The van der Waals surface area contributed by atoms with E-state index in [9.17, 15) is 4.79 Å². The van der Waals surface area contributed by atoms with Gasteiger partial charge >= 0.3 is 0 Å². The van der Waals surface area contributed by atoms with Gasteiger partial charge in [-0.1, -0.05) is 24.3 Å². The molecule has 4 nitrogen and oxygen atoms in total. The van der Waals surface area contributed by atoms with E-state index in [-0.39, 0.29) is 5.91 Å². The van der Waals surface area contributed by atoms with Gasteiger partial charge in [-0.05, 0) is 43.7 Å². The molecule has 0 spiro atoms. The van der Waals surface area contributed by atoms with Gasteiger partial charge in [0.05, 0.1) is 17.2 Å². The first-order valence-electron chi connectivity index (χ1n) is 7.29. The molecule has 1 heterocycles. The number of aromatic nitrogens is 2. The van der Waals surface area contributed by atoms with Gasteiger partial charge in [-0.15, -0.1) is 0 Å². The van der Waals surface area contributed by atoms with Gasteiger partial charge in [0.15, 0.2) is 0 Å². The number of fused-ring (bicyclic) bond motifs is 1. The number of para-hydroxylation sites is 2. The third-order valence-corrected chi connectivity index (χ3v) is 3.54. The predicted octanol–water partition coefficient (Wildman–Crippen LogP) is 3.60. The average Bonchev–Trinajstić information content (AvgIpc) is 2.55. The van der Waals surface area contributed by atoms with Crippen molar-refractivity contribution >= 4 is 22.6 Å². The van der Waals surface area contributed by atoms with E-state index < -0.39 is 0 Å². The molecule has 22 heavy (non-hydrogen) atoms. The average molecular weight is 291 g/mol. The molecular weight excluding hydrogens is 274 g/mol. The monoisotopic (exact) mass is 291 g/mol. The van der Waals surface area contributed by atoms with Gasteiger partial charge < -0.3 is 4.90 Å². The van der Waals surface area contributed by atoms with Crippen molar-refractivity contribution in [2.45, 2.75) is 13.8 Å². The number of amides is 1. The summed E-state index contributed by atoms with van der Waals surface area (Å²) in [5.41, 5.74) is 3.88. The van der Waals surface area contributed by atoms with Gasteiger partial charge in [0.2, 0.25) is 0 Å². The van der Waals surface area contributed by atoms with Crippen LogP contribution in [0.1, 0.15) is 23.0 Å². The Morgan fingerprint density at radius 3 is 2.59 bits per heavy atom. The molecule has 0 bridgehead atoms. The molecule has 3 aromatic rings. The third kappa shape index (κ3) is 2.68. The van der Waals surface area contributed by atoms with Crippen molar-refractivity contribution < 1.29 is 4.79 Å². The highest BCUT2D eigenvalue weighted by atomic mass is 16.2. The summed E-state index contributed by atoms with van der Waals surface area (Å²) < 4.78 is 0. The van der Waals surface area contributed by atoms with Crippen LogP contribution < -0.4 is 4.90 Å². The molecule has 4 heteroatoms. The van der Waals surface area contributed by atoms with E-state index in [1.54, 1.807) is 11.1 Å². The van der Waals surface area contributed by atoms with Gasteiger partial charge in [-0.25, -0.2) is 4.98 Å². The lowest BCUT2D eigenvalue weighted by molar-refractivity contribution is 0.0983. The number of hydrogen-bond donors (Lipinski definition) is 0. The summed E-state index contributed by atoms with van der Waals surface area (Å²) in [6.07, 6.45) is 1.54. The van der Waals surface area contributed by atoms with Crippen molar-refractivity contribution in [3.05, 3.63) is 66.0 Å². The summed E-state index contributed by atoms with van der Waals surface area (Å²) in [5.74, 6) is -0.133. The van der Waals surface area contributed by atoms with Gasteiger partial charge in [-0.3, -0.25) is 9.78 Å². The molecular formula is C18H17N3O. The molecule has 0 saturated carbocycles. The van der Waals surface area contributed by atoms with Crippen LogP contribution in [0.25, 0.3) is 11.0 Å². The van der Waals surface area contributed by atoms with Crippen molar-refractivity contribution in [2.24, 2.45) is 0 Å². The molecule has 0 aliphatic heterocycles. The fourth-order valence-electron chi connectivity index (χ4n) is 2.44. The quantitative estimate of drug-likeness (QED) is 0.740. The Hall–Kier alpha value is -2.75. The molecule has 0 saturated heterocycles. The number of carbonyl (C=O) groups is 1. The standard InChI is InChI=1S/C18H17N3O/c1-3-21(14-8-6-7-13(2)11-14)18(22)17-12-19-15-9-4-5-10-16(15)20-17/h4-12H,3H2,1-2H3. The molecule has 3 rings (SSSR count). The molecule has 0 unspecified atom stereocenters. The first-order chi connectivity index (χ1) is 10.7. The maximum absolute atomic E-state index is 12.8. The van der Waals surface area contributed by atoms with Crippen molar-refractivity contribution in [3.8, 4) is 0 Å². The highest BCUT2D eigenvalue weighted by Crippen LogP contribution is 2.18. The highest BCUT2D eigenvalue weighted by Gasteiger charge is 2.18. The van der Waals surface area contributed by atoms with Gasteiger partial charge in [0.25, 0.3) is 5.91 Å². The molecule has 0 radical (unpaired) electrons. The number of aryl methyl sites for hydroxylation is 1. The zero-order valence-corrected chi connectivity index (χ0v) is 12.7. The second kappa shape index (κ2) is 5.93. The zero-order chi connectivity index (χ0) is 15.5. The van der Waals surface area contributed by atoms with E-state index in [4.69, 9.17) is 0 Å². The number of rotatable bonds is 3. The predicted molar refractivity (Wildman–Crippen MR) is 88.1 cm³/mol. The van der Waals surface area contributed by atoms with Crippen LogP contribution in [0.4, 0.5) is 5.69 Å². The minimum absolute atomic E-state index is 0.133. The SMILES string of the molecule is CCN(C(=O)c1cnc2ccccc2n1)c1cccc(C)c1. The topological polar surface area (TPSA) is 46.1 Å². The molecule has 110 valence electrons. The fourth-order valence-corrected chi connectivity index (χ4v) is 2.44. The number of nitrogens with zero attached hydrogens (tertiary/aromatic N) is 3. The summed E-state index contributed by atoms with van der Waals surface area (Å²) >= 11 is 0. The van der Waals surface area contributed by atoms with Crippen LogP contribution >= 0.6 is 0 Å². The zero-order valence-electron chi connectivity index (χ0n) is 12.7. The number of benzene rings is 2. The number of carbonyl (C=O) groups excluding carboxylic acids is 1. The highest BCUT2D eigenvalue weighted by molar-refractivity contribution is 6.05. The molecule has 0 aliphatic carbocycles. The van der Waals surface area contributed by atoms with Crippen molar-refractivity contribution in [3.63, 3.8) is 0 Å². The lowest BCUT2D eigenvalue weighted by atomic mass is 10.2. The van der Waals surface area contributed by atoms with E-state index in [1.165, 1.54) is 0 Å². The van der Waals surface area contributed by atoms with Gasteiger partial charge in [0, 0.05) is 12.2 Å². The minimum atomic E-state index is -0.133. The Kier molecular flexibility index (Phi) is 3.83. The first-order valence-corrected chi connectivity index (χ1v) is 7.29. The Morgan fingerprint density at radius 1 is 1.09 bits per heavy atom. The molecule has 0 atom stereocenters. The smallest absolute Gasteiger partial charge is 0.278 e. The molecule has 0 fully saturated rings. The lowest BCUT2D eigenvalue weighted by Gasteiger charge is -2.21. The van der Waals surface area contributed by atoms with Crippen LogP contribution in [0, 0.1) is 6.92 Å². The summed E-state index contributed by atoms with van der Waals surface area (Å²) in [5, 5.41) is 0. The summed E-state index contributed by atoms with van der Waals surface area (Å²) in [6.45, 7) is 4.54. The minimum Gasteiger partial charge on any atom is -0.307 e. The maximum Gasteiger partial charge on any atom is 0.278 e. The Balaban J connectivity index is 1.99. The lowest BCUT2D eigenvalue weighted by Crippen LogP contribution is -2.31. The Labute approximate surface area is 129 Å². The first kappa shape index (κ1) is 14.2. The normalized spacial score (nSPS) is 10.6. The largest absolute Gasteiger partial charge is 0.307 e. The van der Waals surface area contributed by atoms with Gasteiger partial charge in [0.1, 0.15) is 5.69 Å². The van der Waals surface area contributed by atoms with E-state index in [0.29, 0.717) is 12.2 Å². The van der Waals surface area contributed by atoms with E-state index in [0.717, 1.165) is 22.3 Å². The molecule has 0 N–H and O–H groups in total. The van der Waals surface area contributed by atoms with Crippen LogP contribution in [0.5, 0.6) is 0 Å². The summed E-state index contributed by atoms with van der Waals surface area (Å²) in [4.78, 5) is 23.2. The second-order valence-electron chi connectivity index (χ2n) is 5.13. The van der Waals surface area contributed by atoms with Crippen LogP contribution in [0.2, 0.25) is 0 Å². The molecule has 1 aromatic heterocycles. The number of hydrogen-bond acceptors (Lipinski definition) is 3. The van der Waals surface area contributed by atoms with Crippen molar-refractivity contribution in [1.29, 1.82) is 0 Å². The summed E-state index contributed by atoms with van der Waals surface area (Å²) in [6, 6.07) is 15.4. The Bertz CT molecular complexity index is 829. The van der Waals surface area contributed by atoms with Crippen molar-refractivity contribution in [1.82, 2.24) is 9.97 Å². The van der Waals surface area contributed by atoms with Crippen LogP contribution in [0.15, 0.2) is 54.7 Å². The molecule has 1 amide bonds. The van der Waals surface area contributed by atoms with E-state index in [1.807, 2.05) is 62.4 Å². The molecule has 0 aliphatic rings. The van der Waals surface area contributed by atoms with Crippen LogP contribution in [0.3, 0.4) is 0 Å². The number of anilines is 1. The fraction of sp³-hybridized carbons (Fsp3) is 0.167. The van der Waals surface area contributed by atoms with Crippen LogP contribution in [-0.4, -0.2) is 22.4 Å².